The minimum absolute atomic E-state index is 0.373. The van der Waals surface area contributed by atoms with Crippen LogP contribution in [0.3, 0.4) is 0 Å². The third-order valence-electron chi connectivity index (χ3n) is 1.07. The highest BCUT2D eigenvalue weighted by Gasteiger charge is 2.20. The quantitative estimate of drug-likeness (QED) is 0.623. The predicted octanol–water partition coefficient (Wildman–Crippen LogP) is -0.618. The van der Waals surface area contributed by atoms with Crippen LogP contribution in [0.25, 0.3) is 0 Å². The third kappa shape index (κ3) is 6.81. The largest absolute Gasteiger partial charge is 0.468 e. The van der Waals surface area contributed by atoms with E-state index in [1.165, 1.54) is 7.11 Å². The van der Waals surface area contributed by atoms with E-state index in [4.69, 9.17) is 0 Å². The van der Waals surface area contributed by atoms with Gasteiger partial charge in [0, 0.05) is 5.54 Å². The Morgan fingerprint density at radius 2 is 1.86 bits per heavy atom. The molecule has 0 unspecified atom stereocenters. The van der Waals surface area contributed by atoms with Crippen LogP contribution in [-0.2, 0) is 19.7 Å². The first-order valence-electron chi connectivity index (χ1n) is 4.02. The Balaban J connectivity index is 4.17. The number of esters is 1. The van der Waals surface area contributed by atoms with Crippen molar-refractivity contribution in [1.82, 2.24) is 9.44 Å². The maximum atomic E-state index is 11.2. The Morgan fingerprint density at radius 3 is 2.21 bits per heavy atom. The van der Waals surface area contributed by atoms with Crippen LogP contribution in [0.4, 0.5) is 0 Å². The van der Waals surface area contributed by atoms with E-state index in [0.29, 0.717) is 0 Å². The molecule has 0 aliphatic rings. The summed E-state index contributed by atoms with van der Waals surface area (Å²) in [6.07, 6.45) is 0. The molecule has 0 atom stereocenters. The van der Waals surface area contributed by atoms with Gasteiger partial charge >= 0.3 is 5.97 Å². The van der Waals surface area contributed by atoms with Crippen molar-refractivity contribution >= 4 is 16.2 Å². The fraction of sp³-hybridized carbons (Fsp3) is 0.857. The van der Waals surface area contributed by atoms with Crippen molar-refractivity contribution in [2.75, 3.05) is 13.7 Å². The summed E-state index contributed by atoms with van der Waals surface area (Å²) < 4.78 is 31.1. The zero-order valence-electron chi connectivity index (χ0n) is 8.75. The number of methoxy groups -OCH3 is 1. The molecule has 0 aromatic rings. The van der Waals surface area contributed by atoms with Gasteiger partial charge in [-0.05, 0) is 20.8 Å². The average molecular weight is 224 g/mol. The van der Waals surface area contributed by atoms with Crippen molar-refractivity contribution in [3.8, 4) is 0 Å². The summed E-state index contributed by atoms with van der Waals surface area (Å²) in [5, 5.41) is 0. The predicted molar refractivity (Wildman–Crippen MR) is 51.8 cm³/mol. The smallest absolute Gasteiger partial charge is 0.320 e. The van der Waals surface area contributed by atoms with Crippen molar-refractivity contribution in [2.24, 2.45) is 0 Å². The van der Waals surface area contributed by atoms with Crippen LogP contribution in [-0.4, -0.2) is 33.6 Å². The molecule has 0 aromatic carbocycles. The Morgan fingerprint density at radius 1 is 1.36 bits per heavy atom. The van der Waals surface area contributed by atoms with E-state index in [9.17, 15) is 13.2 Å². The number of ether oxygens (including phenoxy) is 1. The van der Waals surface area contributed by atoms with Crippen molar-refractivity contribution in [3.05, 3.63) is 0 Å². The van der Waals surface area contributed by atoms with Crippen LogP contribution < -0.4 is 9.44 Å². The second kappa shape index (κ2) is 4.72. The fourth-order valence-corrected chi connectivity index (χ4v) is 1.85. The average Bonchev–Trinajstić information content (AvgIpc) is 1.96. The summed E-state index contributed by atoms with van der Waals surface area (Å²) in [4.78, 5) is 10.6. The van der Waals surface area contributed by atoms with Gasteiger partial charge in [-0.2, -0.15) is 17.9 Å². The van der Waals surface area contributed by atoms with E-state index < -0.39 is 21.7 Å². The maximum absolute atomic E-state index is 11.2. The molecule has 0 spiro atoms. The first-order chi connectivity index (χ1) is 6.16. The highest BCUT2D eigenvalue weighted by atomic mass is 32.2. The Kier molecular flexibility index (Phi) is 4.50. The van der Waals surface area contributed by atoms with Crippen molar-refractivity contribution < 1.29 is 17.9 Å². The van der Waals surface area contributed by atoms with Gasteiger partial charge in [-0.3, -0.25) is 4.79 Å². The molecule has 0 amide bonds. The number of carbonyl (C=O) groups excluding carboxylic acids is 1. The molecule has 0 saturated heterocycles. The van der Waals surface area contributed by atoms with E-state index in [1.54, 1.807) is 20.8 Å². The van der Waals surface area contributed by atoms with Crippen molar-refractivity contribution in [3.63, 3.8) is 0 Å². The van der Waals surface area contributed by atoms with Crippen LogP contribution >= 0.6 is 0 Å². The number of nitrogens with one attached hydrogen (secondary N) is 2. The number of carbonyl (C=O) groups is 1. The molecule has 84 valence electrons. The van der Waals surface area contributed by atoms with Gasteiger partial charge in [0.05, 0.1) is 7.11 Å². The molecule has 0 rings (SSSR count). The highest BCUT2D eigenvalue weighted by molar-refractivity contribution is 7.87. The van der Waals surface area contributed by atoms with Gasteiger partial charge in [-0.15, -0.1) is 0 Å². The van der Waals surface area contributed by atoms with Crippen molar-refractivity contribution in [1.29, 1.82) is 0 Å². The maximum Gasteiger partial charge on any atom is 0.320 e. The Bertz CT molecular complexity index is 291. The minimum atomic E-state index is -3.65. The monoisotopic (exact) mass is 224 g/mol. The molecule has 0 radical (unpaired) electrons. The Hall–Kier alpha value is -0.660. The van der Waals surface area contributed by atoms with Crippen LogP contribution in [0, 0.1) is 0 Å². The zero-order valence-corrected chi connectivity index (χ0v) is 9.56. The van der Waals surface area contributed by atoms with Crippen LogP contribution in [0.5, 0.6) is 0 Å². The highest BCUT2D eigenvalue weighted by Crippen LogP contribution is 1.99. The lowest BCUT2D eigenvalue weighted by Crippen LogP contribution is -2.48. The molecule has 0 aliphatic heterocycles. The first-order valence-corrected chi connectivity index (χ1v) is 5.50. The third-order valence-corrected chi connectivity index (χ3v) is 2.48. The van der Waals surface area contributed by atoms with Crippen LogP contribution in [0.2, 0.25) is 0 Å². The molecular formula is C7H16N2O4S. The van der Waals surface area contributed by atoms with Gasteiger partial charge in [0.1, 0.15) is 6.54 Å². The summed E-state index contributed by atoms with van der Waals surface area (Å²) in [7, 11) is -2.46. The van der Waals surface area contributed by atoms with Gasteiger partial charge in [0.25, 0.3) is 10.2 Å². The van der Waals surface area contributed by atoms with Gasteiger partial charge < -0.3 is 4.74 Å². The summed E-state index contributed by atoms with van der Waals surface area (Å²) in [6.45, 7) is 4.72. The van der Waals surface area contributed by atoms with Gasteiger partial charge in [0.2, 0.25) is 0 Å². The molecule has 0 saturated carbocycles. The molecule has 2 N–H and O–H groups in total. The Labute approximate surface area is 84.2 Å². The molecule has 0 fully saturated rings. The number of hydrogen-bond acceptors (Lipinski definition) is 4. The summed E-state index contributed by atoms with van der Waals surface area (Å²) in [5.74, 6) is -0.635. The summed E-state index contributed by atoms with van der Waals surface area (Å²) in [5.41, 5.74) is -0.581. The zero-order chi connectivity index (χ0) is 11.4. The lowest BCUT2D eigenvalue weighted by Gasteiger charge is -2.20. The minimum Gasteiger partial charge on any atom is -0.468 e. The second-order valence-electron chi connectivity index (χ2n) is 3.75. The van der Waals surface area contributed by atoms with Crippen molar-refractivity contribution in [2.45, 2.75) is 26.3 Å². The van der Waals surface area contributed by atoms with E-state index in [-0.39, 0.29) is 6.54 Å². The molecule has 0 bridgehead atoms. The summed E-state index contributed by atoms with van der Waals surface area (Å²) >= 11 is 0. The molecular weight excluding hydrogens is 208 g/mol. The number of rotatable bonds is 4. The van der Waals surface area contributed by atoms with E-state index >= 15 is 0 Å². The molecule has 0 heterocycles. The second-order valence-corrected chi connectivity index (χ2v) is 5.25. The van der Waals surface area contributed by atoms with Crippen LogP contribution in [0.1, 0.15) is 20.8 Å². The van der Waals surface area contributed by atoms with E-state index in [2.05, 4.69) is 14.2 Å². The fourth-order valence-electron chi connectivity index (χ4n) is 0.665. The molecule has 14 heavy (non-hydrogen) atoms. The molecule has 7 heteroatoms. The van der Waals surface area contributed by atoms with Gasteiger partial charge in [0.15, 0.2) is 0 Å². The van der Waals surface area contributed by atoms with Crippen LogP contribution in [0.15, 0.2) is 0 Å². The first kappa shape index (κ1) is 13.3. The van der Waals surface area contributed by atoms with Gasteiger partial charge in [-0.1, -0.05) is 0 Å². The normalized spacial score (nSPS) is 12.6. The lowest BCUT2D eigenvalue weighted by molar-refractivity contribution is -0.139. The van der Waals surface area contributed by atoms with E-state index in [1.807, 2.05) is 0 Å². The summed E-state index contributed by atoms with van der Waals surface area (Å²) in [6, 6.07) is 0. The standard InChI is InChI=1S/C7H16N2O4S/c1-7(2,3)9-14(11,12)8-5-6(10)13-4/h8-9H,5H2,1-4H3. The topological polar surface area (TPSA) is 84.5 Å². The van der Waals surface area contributed by atoms with Gasteiger partial charge in [-0.25, -0.2) is 0 Å². The molecule has 6 nitrogen and oxygen atoms in total. The molecule has 0 aromatic heterocycles. The molecule has 0 aliphatic carbocycles. The lowest BCUT2D eigenvalue weighted by atomic mass is 10.1. The SMILES string of the molecule is COC(=O)CNS(=O)(=O)NC(C)(C)C. The number of hydrogen-bond donors (Lipinski definition) is 2. The van der Waals surface area contributed by atoms with E-state index in [0.717, 1.165) is 0 Å².